The van der Waals surface area contributed by atoms with Crippen LogP contribution in [0.25, 0.3) is 0 Å². The number of hydroxylamine groups is 1. The summed E-state index contributed by atoms with van der Waals surface area (Å²) in [5.74, 6) is -1.81. The molecule has 3 unspecified atom stereocenters. The van der Waals surface area contributed by atoms with Gasteiger partial charge in [0, 0.05) is 19.4 Å². The van der Waals surface area contributed by atoms with E-state index in [1.54, 1.807) is 5.48 Å². The lowest BCUT2D eigenvalue weighted by Crippen LogP contribution is -2.51. The van der Waals surface area contributed by atoms with E-state index in [2.05, 4.69) is 10.6 Å². The van der Waals surface area contributed by atoms with E-state index in [-0.39, 0.29) is 17.7 Å². The maximum atomic E-state index is 13.2. The highest BCUT2D eigenvalue weighted by Gasteiger charge is 2.35. The Morgan fingerprint density at radius 1 is 1.24 bits per heavy atom. The van der Waals surface area contributed by atoms with Crippen molar-refractivity contribution < 1.29 is 24.3 Å². The minimum absolute atomic E-state index is 0.153. The first-order chi connectivity index (χ1) is 13.8. The molecule has 0 fully saturated rings. The van der Waals surface area contributed by atoms with Crippen molar-refractivity contribution in [3.05, 3.63) is 29.8 Å². The number of hydrogen-bond donors (Lipinski definition) is 4. The molecule has 3 atom stereocenters. The largest absolute Gasteiger partial charge is 0.494 e. The Balaban J connectivity index is 2.38. The fraction of sp³-hybridized carbons (Fsp3) is 0.571. The van der Waals surface area contributed by atoms with E-state index < -0.39 is 23.8 Å². The van der Waals surface area contributed by atoms with E-state index in [9.17, 15) is 19.6 Å². The molecule has 160 valence electrons. The lowest BCUT2D eigenvalue weighted by atomic mass is 9.81. The van der Waals surface area contributed by atoms with E-state index in [4.69, 9.17) is 4.74 Å². The zero-order chi connectivity index (χ0) is 21.4. The second-order valence-electron chi connectivity index (χ2n) is 7.83. The van der Waals surface area contributed by atoms with Gasteiger partial charge in [0.15, 0.2) is 0 Å². The van der Waals surface area contributed by atoms with Crippen LogP contribution in [0.1, 0.15) is 38.7 Å². The van der Waals surface area contributed by atoms with Crippen molar-refractivity contribution in [2.45, 2.75) is 45.6 Å². The van der Waals surface area contributed by atoms with E-state index in [0.29, 0.717) is 38.0 Å². The SMILES string of the molecule is CNC(=O)C1Cc2ccc(cc2)OCCCC(C(=O)NO)C(CC(C)C)C(=O)N1. The molecule has 2 aliphatic heterocycles. The maximum Gasteiger partial charge on any atom is 0.247 e. The Kier molecular flexibility index (Phi) is 8.45. The molecule has 0 aromatic heterocycles. The van der Waals surface area contributed by atoms with E-state index >= 15 is 0 Å². The summed E-state index contributed by atoms with van der Waals surface area (Å²) in [6.45, 7) is 4.32. The average molecular weight is 405 g/mol. The van der Waals surface area contributed by atoms with Crippen LogP contribution >= 0.6 is 0 Å². The van der Waals surface area contributed by atoms with Crippen LogP contribution in [0.4, 0.5) is 0 Å². The number of ether oxygens (including phenoxy) is 1. The van der Waals surface area contributed by atoms with Crippen LogP contribution in [0.15, 0.2) is 24.3 Å². The highest BCUT2D eigenvalue weighted by Crippen LogP contribution is 2.26. The Bertz CT molecular complexity index is 705. The first-order valence-electron chi connectivity index (χ1n) is 10.0. The van der Waals surface area contributed by atoms with Crippen LogP contribution in [0.5, 0.6) is 5.75 Å². The molecule has 4 N–H and O–H groups in total. The van der Waals surface area contributed by atoms with Gasteiger partial charge < -0.3 is 15.4 Å². The van der Waals surface area contributed by atoms with Gasteiger partial charge in [-0.1, -0.05) is 26.0 Å². The number of carbonyl (C=O) groups excluding carboxylic acids is 3. The van der Waals surface area contributed by atoms with Gasteiger partial charge in [0.05, 0.1) is 12.5 Å². The molecule has 2 heterocycles. The topological polar surface area (TPSA) is 117 Å². The molecule has 3 rings (SSSR count). The number of carbonyl (C=O) groups is 3. The lowest BCUT2D eigenvalue weighted by molar-refractivity contribution is -0.142. The quantitative estimate of drug-likeness (QED) is 0.446. The average Bonchev–Trinajstić information content (AvgIpc) is 2.71. The molecule has 0 aliphatic carbocycles. The third kappa shape index (κ3) is 6.45. The van der Waals surface area contributed by atoms with Gasteiger partial charge >= 0.3 is 0 Å². The smallest absolute Gasteiger partial charge is 0.247 e. The molecule has 2 aliphatic rings. The molecule has 1 aromatic rings. The summed E-state index contributed by atoms with van der Waals surface area (Å²) in [5.41, 5.74) is 2.58. The van der Waals surface area contributed by atoms with Crippen LogP contribution in [-0.2, 0) is 20.8 Å². The van der Waals surface area contributed by atoms with Gasteiger partial charge in [-0.15, -0.1) is 0 Å². The normalized spacial score (nSPS) is 22.9. The van der Waals surface area contributed by atoms with Crippen LogP contribution < -0.4 is 20.9 Å². The summed E-state index contributed by atoms with van der Waals surface area (Å²) in [4.78, 5) is 37.9. The molecule has 0 spiro atoms. The number of rotatable bonds is 4. The first kappa shape index (κ1) is 22.7. The minimum Gasteiger partial charge on any atom is -0.494 e. The number of fused-ring (bicyclic) bond motifs is 11. The molecule has 0 saturated heterocycles. The van der Waals surface area contributed by atoms with Crippen LogP contribution in [0.3, 0.4) is 0 Å². The number of nitrogens with one attached hydrogen (secondary N) is 3. The van der Waals surface area contributed by atoms with Crippen molar-refractivity contribution in [2.75, 3.05) is 13.7 Å². The minimum atomic E-state index is -0.769. The summed E-state index contributed by atoms with van der Waals surface area (Å²) in [5, 5.41) is 14.6. The molecule has 1 aromatic carbocycles. The van der Waals surface area contributed by atoms with Crippen LogP contribution in [0.2, 0.25) is 0 Å². The fourth-order valence-corrected chi connectivity index (χ4v) is 3.67. The van der Waals surface area contributed by atoms with Crippen molar-refractivity contribution in [2.24, 2.45) is 17.8 Å². The van der Waals surface area contributed by atoms with Crippen LogP contribution in [0, 0.1) is 17.8 Å². The Morgan fingerprint density at radius 3 is 2.52 bits per heavy atom. The number of likely N-dealkylation sites (N-methyl/N-ethyl adjacent to an activating group) is 1. The zero-order valence-corrected chi connectivity index (χ0v) is 17.2. The summed E-state index contributed by atoms with van der Waals surface area (Å²) < 4.78 is 5.73. The molecule has 8 heteroatoms. The van der Waals surface area contributed by atoms with Gasteiger partial charge in [0.25, 0.3) is 0 Å². The monoisotopic (exact) mass is 405 g/mol. The Morgan fingerprint density at radius 2 is 1.93 bits per heavy atom. The van der Waals surface area contributed by atoms with Gasteiger partial charge in [-0.25, -0.2) is 5.48 Å². The fourth-order valence-electron chi connectivity index (χ4n) is 3.67. The lowest BCUT2D eigenvalue weighted by Gasteiger charge is -2.28. The van der Waals surface area contributed by atoms with Gasteiger partial charge in [0.2, 0.25) is 17.7 Å². The Labute approximate surface area is 171 Å². The van der Waals surface area contributed by atoms with E-state index in [1.807, 2.05) is 38.1 Å². The highest BCUT2D eigenvalue weighted by molar-refractivity contribution is 5.91. The van der Waals surface area contributed by atoms with Crippen molar-refractivity contribution in [1.29, 1.82) is 0 Å². The van der Waals surface area contributed by atoms with Crippen molar-refractivity contribution >= 4 is 17.7 Å². The molecular formula is C21H31N3O5. The second kappa shape index (κ2) is 10.8. The Hall–Kier alpha value is -2.61. The van der Waals surface area contributed by atoms with Crippen molar-refractivity contribution in [3.63, 3.8) is 0 Å². The summed E-state index contributed by atoms with van der Waals surface area (Å²) in [7, 11) is 1.52. The van der Waals surface area contributed by atoms with E-state index in [0.717, 1.165) is 5.56 Å². The van der Waals surface area contributed by atoms with Crippen LogP contribution in [-0.4, -0.2) is 42.6 Å². The molecule has 2 bridgehead atoms. The molecule has 3 amide bonds. The maximum absolute atomic E-state index is 13.2. The molecule has 0 radical (unpaired) electrons. The van der Waals surface area contributed by atoms with Gasteiger partial charge in [-0.3, -0.25) is 19.6 Å². The molecule has 0 saturated carbocycles. The first-order valence-corrected chi connectivity index (χ1v) is 10.0. The number of benzene rings is 1. The third-order valence-electron chi connectivity index (χ3n) is 5.17. The summed E-state index contributed by atoms with van der Waals surface area (Å²) >= 11 is 0. The van der Waals surface area contributed by atoms with Gasteiger partial charge in [0.1, 0.15) is 11.8 Å². The molecule has 8 nitrogen and oxygen atoms in total. The molecule has 29 heavy (non-hydrogen) atoms. The van der Waals surface area contributed by atoms with Gasteiger partial charge in [-0.05, 0) is 42.9 Å². The predicted octanol–water partition coefficient (Wildman–Crippen LogP) is 1.42. The van der Waals surface area contributed by atoms with E-state index in [1.165, 1.54) is 7.05 Å². The second-order valence-corrected chi connectivity index (χ2v) is 7.83. The van der Waals surface area contributed by atoms with Gasteiger partial charge in [-0.2, -0.15) is 0 Å². The predicted molar refractivity (Wildman–Crippen MR) is 107 cm³/mol. The number of amides is 3. The van der Waals surface area contributed by atoms with Crippen molar-refractivity contribution in [3.8, 4) is 5.75 Å². The van der Waals surface area contributed by atoms with Crippen molar-refractivity contribution in [1.82, 2.24) is 16.1 Å². The summed E-state index contributed by atoms with van der Waals surface area (Å²) in [6.07, 6.45) is 1.69. The summed E-state index contributed by atoms with van der Waals surface area (Å²) in [6, 6.07) is 6.62. The standard InChI is InChI=1S/C21H31N3O5/c1-13(2)11-17-16(20(26)24-28)5-4-10-29-15-8-6-14(7-9-15)12-18(21(27)22-3)23-19(17)25/h6-9,13,16-18,28H,4-5,10-12H2,1-3H3,(H,22,27)(H,23,25)(H,24,26). The number of hydrogen-bond acceptors (Lipinski definition) is 5. The molecular weight excluding hydrogens is 374 g/mol. The zero-order valence-electron chi connectivity index (χ0n) is 17.2. The highest BCUT2D eigenvalue weighted by atomic mass is 16.5. The third-order valence-corrected chi connectivity index (χ3v) is 5.17.